The van der Waals surface area contributed by atoms with Gasteiger partial charge in [-0.1, -0.05) is 25.5 Å². The number of guanidine groups is 1. The van der Waals surface area contributed by atoms with Crippen molar-refractivity contribution in [3.63, 3.8) is 0 Å². The van der Waals surface area contributed by atoms with Crippen molar-refractivity contribution in [3.05, 3.63) is 35.4 Å². The van der Waals surface area contributed by atoms with Crippen molar-refractivity contribution in [1.29, 1.82) is 5.26 Å². The van der Waals surface area contributed by atoms with Crippen molar-refractivity contribution in [2.75, 3.05) is 26.3 Å². The van der Waals surface area contributed by atoms with Crippen molar-refractivity contribution in [3.8, 4) is 6.07 Å². The van der Waals surface area contributed by atoms with Crippen LogP contribution in [-0.4, -0.2) is 32.3 Å². The SMILES string of the molecule is CCCCOCCCNC(=NCc1cccc(C#N)c1)NCC.I. The molecule has 0 saturated heterocycles. The summed E-state index contributed by atoms with van der Waals surface area (Å²) in [5.41, 5.74) is 1.70. The third-order valence-electron chi connectivity index (χ3n) is 3.22. The van der Waals surface area contributed by atoms with Gasteiger partial charge in [-0.25, -0.2) is 4.99 Å². The fourth-order valence-corrected chi connectivity index (χ4v) is 1.98. The van der Waals surface area contributed by atoms with E-state index in [2.05, 4.69) is 28.6 Å². The minimum Gasteiger partial charge on any atom is -0.381 e. The summed E-state index contributed by atoms with van der Waals surface area (Å²) in [6.07, 6.45) is 3.25. The van der Waals surface area contributed by atoms with Crippen molar-refractivity contribution >= 4 is 29.9 Å². The number of nitrogens with zero attached hydrogens (tertiary/aromatic N) is 2. The van der Waals surface area contributed by atoms with Crippen molar-refractivity contribution in [2.45, 2.75) is 39.7 Å². The number of unbranched alkanes of at least 4 members (excludes halogenated alkanes) is 1. The van der Waals surface area contributed by atoms with Gasteiger partial charge in [0.05, 0.1) is 18.2 Å². The van der Waals surface area contributed by atoms with E-state index in [0.29, 0.717) is 12.1 Å². The molecule has 0 unspecified atom stereocenters. The number of rotatable bonds is 10. The van der Waals surface area contributed by atoms with E-state index in [0.717, 1.165) is 50.7 Å². The highest BCUT2D eigenvalue weighted by Crippen LogP contribution is 2.05. The van der Waals surface area contributed by atoms with Gasteiger partial charge >= 0.3 is 0 Å². The van der Waals surface area contributed by atoms with E-state index in [4.69, 9.17) is 10.00 Å². The van der Waals surface area contributed by atoms with E-state index in [1.165, 1.54) is 6.42 Å². The molecule has 0 radical (unpaired) electrons. The first-order valence-corrected chi connectivity index (χ1v) is 8.39. The molecule has 1 aromatic carbocycles. The number of nitriles is 1. The second-order valence-corrected chi connectivity index (χ2v) is 5.25. The van der Waals surface area contributed by atoms with Gasteiger partial charge < -0.3 is 15.4 Å². The molecule has 0 atom stereocenters. The molecule has 0 aliphatic rings. The van der Waals surface area contributed by atoms with Gasteiger partial charge in [0.15, 0.2) is 5.96 Å². The fraction of sp³-hybridized carbons (Fsp3) is 0.556. The van der Waals surface area contributed by atoms with E-state index >= 15 is 0 Å². The van der Waals surface area contributed by atoms with E-state index in [1.807, 2.05) is 25.1 Å². The minimum atomic E-state index is 0. The average Bonchev–Trinajstić information content (AvgIpc) is 2.59. The quantitative estimate of drug-likeness (QED) is 0.251. The van der Waals surface area contributed by atoms with Crippen molar-refractivity contribution < 1.29 is 4.74 Å². The monoisotopic (exact) mass is 444 g/mol. The maximum atomic E-state index is 8.92. The van der Waals surface area contributed by atoms with Crippen LogP contribution in [0.3, 0.4) is 0 Å². The molecule has 1 rings (SSSR count). The Morgan fingerprint density at radius 2 is 2.00 bits per heavy atom. The Hall–Kier alpha value is -1.33. The van der Waals surface area contributed by atoms with Crippen LogP contribution in [0.4, 0.5) is 0 Å². The maximum Gasteiger partial charge on any atom is 0.191 e. The van der Waals surface area contributed by atoms with Gasteiger partial charge in [-0.15, -0.1) is 24.0 Å². The van der Waals surface area contributed by atoms with E-state index in [-0.39, 0.29) is 24.0 Å². The first kappa shape index (κ1) is 22.7. The third kappa shape index (κ3) is 10.4. The van der Waals surface area contributed by atoms with Crippen LogP contribution in [0.5, 0.6) is 0 Å². The number of hydrogen-bond donors (Lipinski definition) is 2. The van der Waals surface area contributed by atoms with E-state index in [9.17, 15) is 0 Å². The molecule has 0 amide bonds. The molecular formula is C18H29IN4O. The first-order valence-electron chi connectivity index (χ1n) is 8.39. The minimum absolute atomic E-state index is 0. The normalized spacial score (nSPS) is 10.6. The molecule has 0 aliphatic heterocycles. The smallest absolute Gasteiger partial charge is 0.191 e. The van der Waals surface area contributed by atoms with E-state index < -0.39 is 0 Å². The number of nitrogens with one attached hydrogen (secondary N) is 2. The average molecular weight is 444 g/mol. The Morgan fingerprint density at radius 1 is 1.21 bits per heavy atom. The van der Waals surface area contributed by atoms with Gasteiger partial charge in [0, 0.05) is 26.3 Å². The standard InChI is InChI=1S/C18H28N4O.HI/c1-3-5-11-23-12-7-10-21-18(20-4-2)22-15-17-9-6-8-16(13-17)14-19;/h6,8-9,13H,3-5,7,10-12,15H2,1-2H3,(H2,20,21,22);1H. The summed E-state index contributed by atoms with van der Waals surface area (Å²) in [4.78, 5) is 4.55. The zero-order valence-corrected chi connectivity index (χ0v) is 17.0. The van der Waals surface area contributed by atoms with Gasteiger partial charge in [0.2, 0.25) is 0 Å². The van der Waals surface area contributed by atoms with Crippen LogP contribution >= 0.6 is 24.0 Å². The largest absolute Gasteiger partial charge is 0.381 e. The Bertz CT molecular complexity index is 514. The lowest BCUT2D eigenvalue weighted by molar-refractivity contribution is 0.129. The lowest BCUT2D eigenvalue weighted by atomic mass is 10.1. The summed E-state index contributed by atoms with van der Waals surface area (Å²) in [7, 11) is 0. The number of benzene rings is 1. The second-order valence-electron chi connectivity index (χ2n) is 5.25. The van der Waals surface area contributed by atoms with Crippen LogP contribution < -0.4 is 10.6 Å². The molecule has 0 aromatic heterocycles. The zero-order chi connectivity index (χ0) is 16.8. The van der Waals surface area contributed by atoms with Crippen LogP contribution in [0, 0.1) is 11.3 Å². The fourth-order valence-electron chi connectivity index (χ4n) is 1.98. The van der Waals surface area contributed by atoms with E-state index in [1.54, 1.807) is 6.07 Å². The van der Waals surface area contributed by atoms with Crippen LogP contribution in [0.1, 0.15) is 44.2 Å². The van der Waals surface area contributed by atoms with Gasteiger partial charge in [0.25, 0.3) is 0 Å². The molecule has 0 heterocycles. The highest BCUT2D eigenvalue weighted by atomic mass is 127. The number of aliphatic imine (C=N–C) groups is 1. The Morgan fingerprint density at radius 3 is 2.71 bits per heavy atom. The summed E-state index contributed by atoms with van der Waals surface area (Å²) < 4.78 is 5.54. The van der Waals surface area contributed by atoms with Gasteiger partial charge in [-0.3, -0.25) is 0 Å². The van der Waals surface area contributed by atoms with Crippen LogP contribution in [-0.2, 0) is 11.3 Å². The van der Waals surface area contributed by atoms with Crippen LogP contribution in [0.25, 0.3) is 0 Å². The molecule has 0 bridgehead atoms. The molecule has 0 spiro atoms. The maximum absolute atomic E-state index is 8.92. The molecule has 0 fully saturated rings. The molecule has 0 saturated carbocycles. The van der Waals surface area contributed by atoms with Crippen LogP contribution in [0.2, 0.25) is 0 Å². The van der Waals surface area contributed by atoms with Crippen molar-refractivity contribution in [2.24, 2.45) is 4.99 Å². The predicted molar refractivity (Wildman–Crippen MR) is 110 cm³/mol. The summed E-state index contributed by atoms with van der Waals surface area (Å²) in [6.45, 7) is 8.03. The van der Waals surface area contributed by atoms with Crippen molar-refractivity contribution in [1.82, 2.24) is 10.6 Å². The van der Waals surface area contributed by atoms with Gasteiger partial charge in [-0.2, -0.15) is 5.26 Å². The summed E-state index contributed by atoms with van der Waals surface area (Å²) in [5.74, 6) is 0.795. The molecule has 5 nitrogen and oxygen atoms in total. The summed E-state index contributed by atoms with van der Waals surface area (Å²) >= 11 is 0. The molecule has 6 heteroatoms. The number of ether oxygens (including phenoxy) is 1. The Labute approximate surface area is 162 Å². The third-order valence-corrected chi connectivity index (χ3v) is 3.22. The molecule has 0 aliphatic carbocycles. The van der Waals surface area contributed by atoms with Gasteiger partial charge in [0.1, 0.15) is 0 Å². The summed E-state index contributed by atoms with van der Waals surface area (Å²) in [5, 5.41) is 15.5. The summed E-state index contributed by atoms with van der Waals surface area (Å²) in [6, 6.07) is 9.69. The lowest BCUT2D eigenvalue weighted by Gasteiger charge is -2.11. The molecule has 2 N–H and O–H groups in total. The molecular weight excluding hydrogens is 415 g/mol. The highest BCUT2D eigenvalue weighted by Gasteiger charge is 1.98. The molecule has 24 heavy (non-hydrogen) atoms. The number of halogens is 1. The zero-order valence-electron chi connectivity index (χ0n) is 14.7. The number of hydrogen-bond acceptors (Lipinski definition) is 3. The highest BCUT2D eigenvalue weighted by molar-refractivity contribution is 14.0. The Kier molecular flexibility index (Phi) is 14.4. The molecule has 134 valence electrons. The Balaban J connectivity index is 0.00000529. The topological polar surface area (TPSA) is 69.4 Å². The lowest BCUT2D eigenvalue weighted by Crippen LogP contribution is -2.38. The first-order chi connectivity index (χ1) is 11.3. The van der Waals surface area contributed by atoms with Crippen LogP contribution in [0.15, 0.2) is 29.3 Å². The molecule has 1 aromatic rings. The van der Waals surface area contributed by atoms with Gasteiger partial charge in [-0.05, 0) is 37.5 Å². The predicted octanol–water partition coefficient (Wildman–Crippen LogP) is 3.44. The second kappa shape index (κ2) is 15.2.